The van der Waals surface area contributed by atoms with Gasteiger partial charge in [-0.2, -0.15) is 0 Å². The van der Waals surface area contributed by atoms with Crippen LogP contribution in [0.15, 0.2) is 42.5 Å². The van der Waals surface area contributed by atoms with Gasteiger partial charge in [-0.15, -0.1) is 0 Å². The molecule has 0 fully saturated rings. The average Bonchev–Trinajstić information content (AvgIpc) is 2.55. The van der Waals surface area contributed by atoms with E-state index >= 15 is 0 Å². The molecule has 0 bridgehead atoms. The van der Waals surface area contributed by atoms with Gasteiger partial charge in [-0.25, -0.2) is 0 Å². The van der Waals surface area contributed by atoms with Crippen molar-refractivity contribution < 1.29 is 14.5 Å². The fraction of sp³-hybridized carbons (Fsp3) is 0.278. The molecule has 0 spiro atoms. The lowest BCUT2D eigenvalue weighted by Gasteiger charge is -2.17. The summed E-state index contributed by atoms with van der Waals surface area (Å²) in [6, 6.07) is 11.9. The van der Waals surface area contributed by atoms with Gasteiger partial charge in [0, 0.05) is 17.7 Å². The van der Waals surface area contributed by atoms with E-state index in [0.29, 0.717) is 17.9 Å². The maximum atomic E-state index is 11.4. The van der Waals surface area contributed by atoms with Crippen LogP contribution in [-0.2, 0) is 0 Å². The molecule has 0 saturated carbocycles. The summed E-state index contributed by atoms with van der Waals surface area (Å²) in [6.45, 7) is 5.78. The van der Waals surface area contributed by atoms with Gasteiger partial charge in [-0.3, -0.25) is 14.9 Å². The third-order valence-electron chi connectivity index (χ3n) is 3.64. The zero-order valence-electron chi connectivity index (χ0n) is 13.9. The van der Waals surface area contributed by atoms with Gasteiger partial charge in [0.25, 0.3) is 5.69 Å². The second-order valence-corrected chi connectivity index (χ2v) is 5.42. The predicted molar refractivity (Wildman–Crippen MR) is 92.7 cm³/mol. The van der Waals surface area contributed by atoms with E-state index in [1.165, 1.54) is 13.0 Å². The zero-order valence-corrected chi connectivity index (χ0v) is 13.9. The van der Waals surface area contributed by atoms with Crippen molar-refractivity contribution in [3.63, 3.8) is 0 Å². The van der Waals surface area contributed by atoms with Crippen LogP contribution >= 0.6 is 0 Å². The number of carbonyl (C=O) groups excluding carboxylic acids is 1. The molecule has 126 valence electrons. The number of nitro benzene ring substituents is 1. The Hall–Kier alpha value is -2.89. The van der Waals surface area contributed by atoms with E-state index < -0.39 is 4.92 Å². The number of hydrogen-bond donors (Lipinski definition) is 1. The molecule has 1 atom stereocenters. The number of ether oxygens (including phenoxy) is 1. The summed E-state index contributed by atoms with van der Waals surface area (Å²) in [6.07, 6.45) is 0. The highest BCUT2D eigenvalue weighted by molar-refractivity contribution is 5.95. The highest BCUT2D eigenvalue weighted by Crippen LogP contribution is 2.30. The van der Waals surface area contributed by atoms with Gasteiger partial charge in [-0.05, 0) is 50.6 Å². The lowest BCUT2D eigenvalue weighted by Crippen LogP contribution is -2.09. The predicted octanol–water partition coefficient (Wildman–Crippen LogP) is 4.37. The Morgan fingerprint density at radius 3 is 2.67 bits per heavy atom. The fourth-order valence-electron chi connectivity index (χ4n) is 2.38. The molecule has 0 saturated heterocycles. The first-order chi connectivity index (χ1) is 11.4. The van der Waals surface area contributed by atoms with Crippen LogP contribution in [0.4, 0.5) is 11.4 Å². The molecule has 2 rings (SSSR count). The molecule has 1 unspecified atom stereocenters. The van der Waals surface area contributed by atoms with Crippen LogP contribution in [0.5, 0.6) is 5.75 Å². The third kappa shape index (κ3) is 4.10. The molecule has 0 heterocycles. The molecule has 0 aliphatic carbocycles. The molecule has 0 aliphatic heterocycles. The number of benzene rings is 2. The molecular weight excluding hydrogens is 308 g/mol. The monoisotopic (exact) mass is 328 g/mol. The number of rotatable bonds is 7. The van der Waals surface area contributed by atoms with Crippen LogP contribution in [0.25, 0.3) is 0 Å². The van der Waals surface area contributed by atoms with E-state index in [1.54, 1.807) is 12.1 Å². The van der Waals surface area contributed by atoms with E-state index in [2.05, 4.69) is 5.32 Å². The smallest absolute Gasteiger partial charge is 0.293 e. The average molecular weight is 328 g/mol. The number of nitrogens with zero attached hydrogens (tertiary/aromatic N) is 1. The Balaban J connectivity index is 2.28. The first-order valence-corrected chi connectivity index (χ1v) is 7.71. The molecule has 6 nitrogen and oxygen atoms in total. The Labute approximate surface area is 140 Å². The molecule has 2 aromatic rings. The van der Waals surface area contributed by atoms with Crippen LogP contribution < -0.4 is 10.1 Å². The summed E-state index contributed by atoms with van der Waals surface area (Å²) >= 11 is 0. The van der Waals surface area contributed by atoms with Crippen molar-refractivity contribution in [1.29, 1.82) is 0 Å². The van der Waals surface area contributed by atoms with E-state index in [-0.39, 0.29) is 17.5 Å². The van der Waals surface area contributed by atoms with Crippen molar-refractivity contribution >= 4 is 17.2 Å². The summed E-state index contributed by atoms with van der Waals surface area (Å²) in [7, 11) is 0. The van der Waals surface area contributed by atoms with Crippen LogP contribution in [0.3, 0.4) is 0 Å². The van der Waals surface area contributed by atoms with Crippen molar-refractivity contribution in [2.75, 3.05) is 11.9 Å². The highest BCUT2D eigenvalue weighted by atomic mass is 16.6. The maximum Gasteiger partial charge on any atom is 0.293 e. The van der Waals surface area contributed by atoms with Crippen molar-refractivity contribution in [1.82, 2.24) is 0 Å². The summed E-state index contributed by atoms with van der Waals surface area (Å²) in [5.41, 5.74) is 1.53. The molecule has 6 heteroatoms. The van der Waals surface area contributed by atoms with Crippen LogP contribution in [-0.4, -0.2) is 17.3 Å². The molecule has 0 aromatic heterocycles. The van der Waals surface area contributed by atoms with Gasteiger partial charge >= 0.3 is 0 Å². The van der Waals surface area contributed by atoms with E-state index in [9.17, 15) is 14.9 Å². The van der Waals surface area contributed by atoms with Gasteiger partial charge in [-0.1, -0.05) is 12.1 Å². The van der Waals surface area contributed by atoms with Gasteiger partial charge in [0.1, 0.15) is 11.4 Å². The molecule has 0 amide bonds. The van der Waals surface area contributed by atoms with Crippen LogP contribution in [0.1, 0.15) is 42.7 Å². The van der Waals surface area contributed by atoms with Crippen molar-refractivity contribution in [3.05, 3.63) is 63.7 Å². The fourth-order valence-corrected chi connectivity index (χ4v) is 2.38. The second kappa shape index (κ2) is 7.59. The lowest BCUT2D eigenvalue weighted by molar-refractivity contribution is -0.384. The molecule has 0 aliphatic rings. The van der Waals surface area contributed by atoms with Crippen molar-refractivity contribution in [3.8, 4) is 5.75 Å². The first kappa shape index (κ1) is 17.5. The Bertz CT molecular complexity index is 758. The number of nitrogens with one attached hydrogen (secondary N) is 1. The highest BCUT2D eigenvalue weighted by Gasteiger charge is 2.18. The molecule has 24 heavy (non-hydrogen) atoms. The SMILES string of the molecule is CCOc1cccc(C(C)Nc2ccc(C(C)=O)cc2[N+](=O)[O-])c1. The van der Waals surface area contributed by atoms with E-state index in [4.69, 9.17) is 4.74 Å². The number of ketones is 1. The Morgan fingerprint density at radius 2 is 2.04 bits per heavy atom. The standard InChI is InChI=1S/C18H20N2O4/c1-4-24-16-7-5-6-14(10-16)12(2)19-17-9-8-15(13(3)21)11-18(17)20(22)23/h5-12,19H,4H2,1-3H3. The molecule has 1 N–H and O–H groups in total. The van der Waals surface area contributed by atoms with Crippen molar-refractivity contribution in [2.24, 2.45) is 0 Å². The van der Waals surface area contributed by atoms with Crippen LogP contribution in [0.2, 0.25) is 0 Å². The third-order valence-corrected chi connectivity index (χ3v) is 3.64. The summed E-state index contributed by atoms with van der Waals surface area (Å²) in [5.74, 6) is 0.548. The minimum atomic E-state index is -0.488. The van der Waals surface area contributed by atoms with Gasteiger partial charge in [0.15, 0.2) is 5.78 Å². The first-order valence-electron chi connectivity index (χ1n) is 7.71. The van der Waals surface area contributed by atoms with Gasteiger partial charge in [0.2, 0.25) is 0 Å². The summed E-state index contributed by atoms with van der Waals surface area (Å²) in [4.78, 5) is 22.2. The Kier molecular flexibility index (Phi) is 5.52. The second-order valence-electron chi connectivity index (χ2n) is 5.42. The number of hydrogen-bond acceptors (Lipinski definition) is 5. The number of nitro groups is 1. The van der Waals surface area contributed by atoms with E-state index in [0.717, 1.165) is 11.3 Å². The minimum Gasteiger partial charge on any atom is -0.494 e. The lowest BCUT2D eigenvalue weighted by atomic mass is 10.1. The topological polar surface area (TPSA) is 81.5 Å². The summed E-state index contributed by atoms with van der Waals surface area (Å²) < 4.78 is 5.48. The van der Waals surface area contributed by atoms with Gasteiger partial charge < -0.3 is 10.1 Å². The number of carbonyl (C=O) groups is 1. The minimum absolute atomic E-state index is 0.115. The molecule has 0 radical (unpaired) electrons. The zero-order chi connectivity index (χ0) is 17.7. The van der Waals surface area contributed by atoms with Gasteiger partial charge in [0.05, 0.1) is 11.5 Å². The van der Waals surface area contributed by atoms with Crippen molar-refractivity contribution in [2.45, 2.75) is 26.8 Å². The Morgan fingerprint density at radius 1 is 1.29 bits per heavy atom. The summed E-state index contributed by atoms with van der Waals surface area (Å²) in [5, 5.41) is 14.4. The quantitative estimate of drug-likeness (QED) is 0.464. The maximum absolute atomic E-state index is 11.4. The number of Topliss-reactive ketones (excluding diaryl/α,β-unsaturated/α-hetero) is 1. The molecular formula is C18H20N2O4. The molecule has 2 aromatic carbocycles. The van der Waals surface area contributed by atoms with Crippen LogP contribution in [0, 0.1) is 10.1 Å². The normalized spacial score (nSPS) is 11.6. The number of anilines is 1. The van der Waals surface area contributed by atoms with E-state index in [1.807, 2.05) is 38.1 Å². The largest absolute Gasteiger partial charge is 0.494 e.